The molecular weight excluding hydrogens is 137 g/mol. The Labute approximate surface area is 46.4 Å². The van der Waals surface area contributed by atoms with Crippen LogP contribution < -0.4 is 4.89 Å². The van der Waals surface area contributed by atoms with Crippen LogP contribution in [0.15, 0.2) is 0 Å². The van der Waals surface area contributed by atoms with Crippen LogP contribution in [0.3, 0.4) is 0 Å². The third kappa shape index (κ3) is 4.09. The van der Waals surface area contributed by atoms with E-state index < -0.39 is 27.0 Å². The summed E-state index contributed by atoms with van der Waals surface area (Å²) >= 11 is 0. The van der Waals surface area contributed by atoms with Crippen LogP contribution in [0.4, 0.5) is 8.78 Å². The largest absolute Gasteiger partial charge is 0.595 e. The van der Waals surface area contributed by atoms with Crippen LogP contribution in [0.5, 0.6) is 0 Å². The molecule has 0 spiro atoms. The zero-order valence-electron chi connectivity index (χ0n) is 4.01. The second-order valence-corrected chi connectivity index (χ2v) is 2.30. The van der Waals surface area contributed by atoms with E-state index in [0.717, 1.165) is 0 Å². The monoisotopic (exact) mass is 142 g/mol. The maximum atomic E-state index is 11.6. The quantitative estimate of drug-likeness (QED) is 0.535. The van der Waals surface area contributed by atoms with Crippen molar-refractivity contribution in [1.82, 2.24) is 0 Å². The van der Waals surface area contributed by atoms with Gasteiger partial charge in [0.1, 0.15) is 6.67 Å². The Bertz CT molecular complexity index is 87.4. The first-order chi connectivity index (χ1) is 3.66. The lowest BCUT2D eigenvalue weighted by molar-refractivity contribution is -0.164. The van der Waals surface area contributed by atoms with Crippen molar-refractivity contribution in [1.29, 1.82) is 0 Å². The molecule has 2 unspecified atom stereocenters. The van der Waals surface area contributed by atoms with Gasteiger partial charge >= 0.3 is 8.03 Å². The van der Waals surface area contributed by atoms with Crippen LogP contribution in [0.2, 0.25) is 0 Å². The minimum absolute atomic E-state index is 0.703. The van der Waals surface area contributed by atoms with Gasteiger partial charge in [-0.3, -0.25) is 0 Å². The summed E-state index contributed by atoms with van der Waals surface area (Å²) in [5.41, 5.74) is 0. The Morgan fingerprint density at radius 2 is 2.25 bits per heavy atom. The highest BCUT2D eigenvalue weighted by molar-refractivity contribution is 7.36. The SMILES string of the molecule is O=[P+]([O-])CC(F)CF. The van der Waals surface area contributed by atoms with Crippen molar-refractivity contribution in [2.24, 2.45) is 0 Å². The molecule has 0 amide bonds. The zero-order chi connectivity index (χ0) is 6.57. The first-order valence-corrected chi connectivity index (χ1v) is 3.35. The van der Waals surface area contributed by atoms with Gasteiger partial charge in [0.05, 0.1) is 0 Å². The Morgan fingerprint density at radius 1 is 1.75 bits per heavy atom. The van der Waals surface area contributed by atoms with Gasteiger partial charge in [0.25, 0.3) is 0 Å². The molecule has 8 heavy (non-hydrogen) atoms. The maximum Gasteiger partial charge on any atom is 0.311 e. The van der Waals surface area contributed by atoms with E-state index in [1.165, 1.54) is 0 Å². The molecule has 0 aliphatic heterocycles. The normalized spacial score (nSPS) is 15.6. The first-order valence-electron chi connectivity index (χ1n) is 1.98. The average Bonchev–Trinajstić information content (AvgIpc) is 1.65. The summed E-state index contributed by atoms with van der Waals surface area (Å²) in [7, 11) is -2.76. The molecule has 0 aliphatic rings. The molecule has 0 bridgehead atoms. The minimum atomic E-state index is -2.76. The van der Waals surface area contributed by atoms with E-state index in [4.69, 9.17) is 0 Å². The fourth-order valence-electron chi connectivity index (χ4n) is 0.211. The molecule has 0 fully saturated rings. The lowest BCUT2D eigenvalue weighted by atomic mass is 10.5. The van der Waals surface area contributed by atoms with Crippen molar-refractivity contribution in [3.63, 3.8) is 0 Å². The van der Waals surface area contributed by atoms with Gasteiger partial charge in [-0.05, 0) is 0 Å². The smallest absolute Gasteiger partial charge is 0.311 e. The van der Waals surface area contributed by atoms with E-state index in [9.17, 15) is 18.2 Å². The first kappa shape index (κ1) is 7.92. The third-order valence-corrected chi connectivity index (χ3v) is 1.21. The molecule has 48 valence electrons. The molecule has 2 nitrogen and oxygen atoms in total. The van der Waals surface area contributed by atoms with Crippen LogP contribution in [-0.4, -0.2) is 19.0 Å². The molecule has 0 rings (SSSR count). The molecule has 0 N–H and O–H groups in total. The van der Waals surface area contributed by atoms with E-state index in [2.05, 4.69) is 0 Å². The summed E-state index contributed by atoms with van der Waals surface area (Å²) in [6.45, 7) is -1.22. The summed E-state index contributed by atoms with van der Waals surface area (Å²) in [4.78, 5) is 9.60. The van der Waals surface area contributed by atoms with Crippen molar-refractivity contribution in [3.05, 3.63) is 0 Å². The average molecular weight is 142 g/mol. The van der Waals surface area contributed by atoms with E-state index in [1.807, 2.05) is 0 Å². The van der Waals surface area contributed by atoms with Crippen LogP contribution >= 0.6 is 8.03 Å². The van der Waals surface area contributed by atoms with Crippen LogP contribution in [0, 0.1) is 0 Å². The Balaban J connectivity index is 3.24. The van der Waals surface area contributed by atoms with Gasteiger partial charge in [0.15, 0.2) is 12.3 Å². The van der Waals surface area contributed by atoms with Crippen molar-refractivity contribution in [2.75, 3.05) is 12.8 Å². The van der Waals surface area contributed by atoms with E-state index >= 15 is 0 Å². The molecule has 0 aromatic carbocycles. The minimum Gasteiger partial charge on any atom is -0.595 e. The molecule has 0 aromatic heterocycles. The summed E-state index contributed by atoms with van der Waals surface area (Å²) in [6, 6.07) is 0. The molecule has 0 saturated heterocycles. The number of alkyl halides is 2. The van der Waals surface area contributed by atoms with Gasteiger partial charge in [-0.25, -0.2) is 8.78 Å². The van der Waals surface area contributed by atoms with Crippen LogP contribution in [0.1, 0.15) is 0 Å². The summed E-state index contributed by atoms with van der Waals surface area (Å²) in [5.74, 6) is 0. The van der Waals surface area contributed by atoms with Gasteiger partial charge < -0.3 is 4.89 Å². The lowest BCUT2D eigenvalue weighted by Crippen LogP contribution is -2.08. The number of hydrogen-bond acceptors (Lipinski definition) is 2. The fraction of sp³-hybridized carbons (Fsp3) is 1.00. The highest BCUT2D eigenvalue weighted by atomic mass is 31.1. The zero-order valence-corrected chi connectivity index (χ0v) is 4.91. The number of rotatable bonds is 3. The second-order valence-electron chi connectivity index (χ2n) is 1.27. The molecular formula is C3H5F2O2P. The molecule has 0 aliphatic carbocycles. The van der Waals surface area contributed by atoms with Crippen molar-refractivity contribution in [3.8, 4) is 0 Å². The molecule has 0 radical (unpaired) electrons. The Morgan fingerprint density at radius 3 is 2.38 bits per heavy atom. The van der Waals surface area contributed by atoms with Gasteiger partial charge in [-0.1, -0.05) is 4.57 Å². The van der Waals surface area contributed by atoms with Gasteiger partial charge in [-0.2, -0.15) is 0 Å². The van der Waals surface area contributed by atoms with Gasteiger partial charge in [-0.15, -0.1) is 0 Å². The van der Waals surface area contributed by atoms with Gasteiger partial charge in [0, 0.05) is 0 Å². The van der Waals surface area contributed by atoms with E-state index in [1.54, 1.807) is 0 Å². The van der Waals surface area contributed by atoms with Crippen LogP contribution in [-0.2, 0) is 4.57 Å². The van der Waals surface area contributed by atoms with Crippen molar-refractivity contribution >= 4 is 8.03 Å². The summed E-state index contributed by atoms with van der Waals surface area (Å²) in [6.07, 6.45) is -2.54. The summed E-state index contributed by atoms with van der Waals surface area (Å²) < 4.78 is 32.3. The Kier molecular flexibility index (Phi) is 3.83. The molecule has 0 saturated carbocycles. The second kappa shape index (κ2) is 3.87. The highest BCUT2D eigenvalue weighted by Gasteiger charge is 2.12. The molecule has 5 heteroatoms. The predicted octanol–water partition coefficient (Wildman–Crippen LogP) is 0.397. The highest BCUT2D eigenvalue weighted by Crippen LogP contribution is 2.10. The predicted molar refractivity (Wildman–Crippen MR) is 23.3 cm³/mol. The van der Waals surface area contributed by atoms with E-state index in [0.29, 0.717) is 0 Å². The number of hydrogen-bond donors (Lipinski definition) is 0. The fourth-order valence-corrected chi connectivity index (χ4v) is 0.632. The maximum absolute atomic E-state index is 11.6. The molecule has 0 heterocycles. The van der Waals surface area contributed by atoms with Crippen molar-refractivity contribution < 1.29 is 18.2 Å². The standard InChI is InChI=1S/C3H5F2O2P/c4-1-3(5)2-8(6)7/h3H,1-2H2. The number of halogens is 2. The Hall–Kier alpha value is -0.0800. The topological polar surface area (TPSA) is 40.1 Å². The van der Waals surface area contributed by atoms with Crippen LogP contribution in [0.25, 0.3) is 0 Å². The summed E-state index contributed by atoms with van der Waals surface area (Å²) in [5, 5.41) is 0. The third-order valence-electron chi connectivity index (χ3n) is 0.515. The lowest BCUT2D eigenvalue weighted by Gasteiger charge is -1.91. The molecule has 0 aromatic rings. The van der Waals surface area contributed by atoms with Gasteiger partial charge in [0.2, 0.25) is 0 Å². The van der Waals surface area contributed by atoms with Crippen molar-refractivity contribution in [2.45, 2.75) is 6.17 Å². The molecule has 2 atom stereocenters. The van der Waals surface area contributed by atoms with E-state index in [-0.39, 0.29) is 0 Å².